The molecule has 0 spiro atoms. The molecule has 0 aromatic carbocycles. The predicted octanol–water partition coefficient (Wildman–Crippen LogP) is 2.45. The normalized spacial score (nSPS) is 31.6. The van der Waals surface area contributed by atoms with Crippen molar-refractivity contribution in [1.29, 1.82) is 0 Å². The van der Waals surface area contributed by atoms with Crippen LogP contribution in [0.15, 0.2) is 0 Å². The van der Waals surface area contributed by atoms with Crippen molar-refractivity contribution in [2.75, 3.05) is 38.2 Å². The van der Waals surface area contributed by atoms with Gasteiger partial charge in [0, 0.05) is 11.8 Å². The molecule has 100 valence electrons. The Hall–Kier alpha value is 0.270. The third-order valence-electron chi connectivity index (χ3n) is 4.25. The van der Waals surface area contributed by atoms with E-state index < -0.39 is 0 Å². The van der Waals surface area contributed by atoms with E-state index in [9.17, 15) is 0 Å². The monoisotopic (exact) mass is 256 g/mol. The molecule has 0 aliphatic carbocycles. The summed E-state index contributed by atoms with van der Waals surface area (Å²) in [6, 6.07) is 0.847. The summed E-state index contributed by atoms with van der Waals surface area (Å²) in [4.78, 5) is 2.76. The lowest BCUT2D eigenvalue weighted by Crippen LogP contribution is -2.47. The standard InChI is InChI=1S/C14H28N2S/c1-14(2)8-13(10-17-11-14)16-6-4-12(5-7-16)9-15-3/h12-13,15H,4-11H2,1-3H3. The smallest absolute Gasteiger partial charge is 0.0191 e. The van der Waals surface area contributed by atoms with Crippen molar-refractivity contribution in [2.24, 2.45) is 11.3 Å². The molecule has 0 amide bonds. The van der Waals surface area contributed by atoms with Gasteiger partial charge in [-0.3, -0.25) is 4.90 Å². The van der Waals surface area contributed by atoms with Crippen LogP contribution in [-0.4, -0.2) is 49.1 Å². The molecular weight excluding hydrogens is 228 g/mol. The van der Waals surface area contributed by atoms with E-state index in [4.69, 9.17) is 0 Å². The first kappa shape index (κ1) is 13.7. The van der Waals surface area contributed by atoms with Crippen LogP contribution in [0.1, 0.15) is 33.1 Å². The van der Waals surface area contributed by atoms with Crippen LogP contribution in [-0.2, 0) is 0 Å². The highest BCUT2D eigenvalue weighted by molar-refractivity contribution is 7.99. The molecule has 2 aliphatic heterocycles. The summed E-state index contributed by atoms with van der Waals surface area (Å²) in [5.74, 6) is 3.63. The Morgan fingerprint density at radius 3 is 2.59 bits per heavy atom. The SMILES string of the molecule is CNCC1CCN(C2CSCC(C)(C)C2)CC1. The zero-order valence-corrected chi connectivity index (χ0v) is 12.5. The molecule has 2 saturated heterocycles. The number of likely N-dealkylation sites (tertiary alicyclic amines) is 1. The van der Waals surface area contributed by atoms with Gasteiger partial charge in [-0.1, -0.05) is 13.8 Å². The fourth-order valence-electron chi connectivity index (χ4n) is 3.27. The minimum atomic E-state index is 0.551. The Morgan fingerprint density at radius 2 is 2.00 bits per heavy atom. The van der Waals surface area contributed by atoms with Crippen molar-refractivity contribution in [3.63, 3.8) is 0 Å². The quantitative estimate of drug-likeness (QED) is 0.835. The van der Waals surface area contributed by atoms with Gasteiger partial charge in [-0.2, -0.15) is 11.8 Å². The summed E-state index contributed by atoms with van der Waals surface area (Å²) >= 11 is 2.16. The van der Waals surface area contributed by atoms with Crippen LogP contribution in [0.3, 0.4) is 0 Å². The Morgan fingerprint density at radius 1 is 1.29 bits per heavy atom. The maximum Gasteiger partial charge on any atom is 0.0191 e. The molecule has 2 rings (SSSR count). The molecule has 0 aromatic rings. The van der Waals surface area contributed by atoms with Crippen molar-refractivity contribution in [3.05, 3.63) is 0 Å². The summed E-state index contributed by atoms with van der Waals surface area (Å²) < 4.78 is 0. The van der Waals surface area contributed by atoms with Gasteiger partial charge in [-0.25, -0.2) is 0 Å². The van der Waals surface area contributed by atoms with E-state index in [2.05, 4.69) is 42.9 Å². The van der Waals surface area contributed by atoms with E-state index in [1.807, 2.05) is 0 Å². The molecule has 1 unspecified atom stereocenters. The zero-order valence-electron chi connectivity index (χ0n) is 11.7. The first-order valence-corrected chi connectivity index (χ1v) is 8.22. The van der Waals surface area contributed by atoms with Gasteiger partial charge in [0.2, 0.25) is 0 Å². The second-order valence-electron chi connectivity index (χ2n) is 6.57. The van der Waals surface area contributed by atoms with Gasteiger partial charge in [0.15, 0.2) is 0 Å². The zero-order chi connectivity index (χ0) is 12.3. The maximum atomic E-state index is 3.32. The van der Waals surface area contributed by atoms with Crippen LogP contribution in [0.2, 0.25) is 0 Å². The largest absolute Gasteiger partial charge is 0.319 e. The van der Waals surface area contributed by atoms with E-state index in [-0.39, 0.29) is 0 Å². The lowest BCUT2D eigenvalue weighted by molar-refractivity contribution is 0.112. The third kappa shape index (κ3) is 3.87. The van der Waals surface area contributed by atoms with Gasteiger partial charge in [0.25, 0.3) is 0 Å². The van der Waals surface area contributed by atoms with Crippen LogP contribution in [0.25, 0.3) is 0 Å². The molecule has 3 heteroatoms. The average Bonchev–Trinajstić information content (AvgIpc) is 2.29. The van der Waals surface area contributed by atoms with E-state index in [0.717, 1.165) is 12.0 Å². The third-order valence-corrected chi connectivity index (χ3v) is 5.86. The number of rotatable bonds is 3. The van der Waals surface area contributed by atoms with Crippen molar-refractivity contribution >= 4 is 11.8 Å². The van der Waals surface area contributed by atoms with Crippen LogP contribution in [0, 0.1) is 11.3 Å². The molecule has 2 nitrogen and oxygen atoms in total. The molecule has 2 aliphatic rings. The van der Waals surface area contributed by atoms with Crippen molar-refractivity contribution in [3.8, 4) is 0 Å². The maximum absolute atomic E-state index is 3.32. The van der Waals surface area contributed by atoms with Crippen LogP contribution >= 0.6 is 11.8 Å². The van der Waals surface area contributed by atoms with Crippen LogP contribution in [0.5, 0.6) is 0 Å². The number of hydrogen-bond donors (Lipinski definition) is 1. The highest BCUT2D eigenvalue weighted by atomic mass is 32.2. The van der Waals surface area contributed by atoms with Crippen LogP contribution < -0.4 is 5.32 Å². The van der Waals surface area contributed by atoms with E-state index in [1.54, 1.807) is 0 Å². The first-order chi connectivity index (χ1) is 8.11. The van der Waals surface area contributed by atoms with Gasteiger partial charge >= 0.3 is 0 Å². The van der Waals surface area contributed by atoms with Crippen LogP contribution in [0.4, 0.5) is 0 Å². The summed E-state index contributed by atoms with van der Waals surface area (Å²) in [6.45, 7) is 8.72. The van der Waals surface area contributed by atoms with Crippen molar-refractivity contribution in [1.82, 2.24) is 10.2 Å². The Balaban J connectivity index is 1.80. The predicted molar refractivity (Wildman–Crippen MR) is 77.7 cm³/mol. The molecule has 0 aromatic heterocycles. The van der Waals surface area contributed by atoms with Gasteiger partial charge in [0.05, 0.1) is 0 Å². The molecule has 1 atom stereocenters. The van der Waals surface area contributed by atoms with Gasteiger partial charge in [0.1, 0.15) is 0 Å². The lowest BCUT2D eigenvalue weighted by Gasteiger charge is -2.43. The number of nitrogens with one attached hydrogen (secondary N) is 1. The molecule has 0 bridgehead atoms. The summed E-state index contributed by atoms with van der Waals surface area (Å²) in [7, 11) is 2.08. The van der Waals surface area contributed by atoms with Gasteiger partial charge in [-0.15, -0.1) is 0 Å². The number of thioether (sulfide) groups is 1. The Labute approximate surface area is 111 Å². The van der Waals surface area contributed by atoms with E-state index in [0.29, 0.717) is 5.41 Å². The van der Waals surface area contributed by atoms with Crippen molar-refractivity contribution < 1.29 is 0 Å². The van der Waals surface area contributed by atoms with E-state index in [1.165, 1.54) is 50.4 Å². The highest BCUT2D eigenvalue weighted by Gasteiger charge is 2.33. The average molecular weight is 256 g/mol. The Kier molecular flexibility index (Phi) is 4.79. The molecule has 2 fully saturated rings. The number of nitrogens with zero attached hydrogens (tertiary/aromatic N) is 1. The Bertz CT molecular complexity index is 234. The molecular formula is C14H28N2S. The lowest BCUT2D eigenvalue weighted by atomic mass is 9.86. The van der Waals surface area contributed by atoms with Gasteiger partial charge < -0.3 is 5.32 Å². The fraction of sp³-hybridized carbons (Fsp3) is 1.00. The summed E-state index contributed by atoms with van der Waals surface area (Å²) in [5, 5.41) is 3.32. The highest BCUT2D eigenvalue weighted by Crippen LogP contribution is 2.36. The molecule has 1 N–H and O–H groups in total. The molecule has 17 heavy (non-hydrogen) atoms. The molecule has 0 radical (unpaired) electrons. The molecule has 0 saturated carbocycles. The minimum absolute atomic E-state index is 0.551. The fourth-order valence-corrected chi connectivity index (χ4v) is 4.66. The number of piperidine rings is 1. The second kappa shape index (κ2) is 5.94. The topological polar surface area (TPSA) is 15.3 Å². The second-order valence-corrected chi connectivity index (χ2v) is 7.60. The van der Waals surface area contributed by atoms with Gasteiger partial charge in [-0.05, 0) is 63.0 Å². The number of hydrogen-bond acceptors (Lipinski definition) is 3. The molecule has 2 heterocycles. The summed E-state index contributed by atoms with van der Waals surface area (Å²) in [6.07, 6.45) is 4.18. The minimum Gasteiger partial charge on any atom is -0.319 e. The summed E-state index contributed by atoms with van der Waals surface area (Å²) in [5.41, 5.74) is 0.551. The van der Waals surface area contributed by atoms with E-state index >= 15 is 0 Å². The van der Waals surface area contributed by atoms with Crippen molar-refractivity contribution in [2.45, 2.75) is 39.2 Å². The first-order valence-electron chi connectivity index (χ1n) is 7.07.